The van der Waals surface area contributed by atoms with Gasteiger partial charge in [-0.1, -0.05) is 6.07 Å². The van der Waals surface area contributed by atoms with Crippen LogP contribution < -0.4 is 14.6 Å². The van der Waals surface area contributed by atoms with Crippen molar-refractivity contribution < 1.29 is 17.9 Å². The predicted octanol–water partition coefficient (Wildman–Crippen LogP) is 0.660. The van der Waals surface area contributed by atoms with E-state index in [1.54, 1.807) is 13.0 Å². The Morgan fingerprint density at radius 2 is 1.80 bits per heavy atom. The van der Waals surface area contributed by atoms with E-state index in [0.717, 1.165) is 0 Å². The van der Waals surface area contributed by atoms with Crippen LogP contribution in [0.2, 0.25) is 0 Å². The summed E-state index contributed by atoms with van der Waals surface area (Å²) in [4.78, 5) is -0.118. The Bertz CT molecular complexity index is 467. The fourth-order valence-electron chi connectivity index (χ4n) is 1.33. The fourth-order valence-corrected chi connectivity index (χ4v) is 2.26. The number of hydrogen-bond donors (Lipinski definition) is 1. The topological polar surface area (TPSA) is 78.6 Å². The second-order valence-electron chi connectivity index (χ2n) is 2.99. The molecule has 1 aromatic rings. The number of nitrogens with two attached hydrogens (primary N) is 1. The Kier molecular flexibility index (Phi) is 3.21. The molecule has 2 N–H and O–H groups in total. The molecule has 6 heteroatoms. The second-order valence-corrected chi connectivity index (χ2v) is 4.49. The Morgan fingerprint density at radius 3 is 2.20 bits per heavy atom. The van der Waals surface area contributed by atoms with Gasteiger partial charge >= 0.3 is 0 Å². The summed E-state index contributed by atoms with van der Waals surface area (Å²) >= 11 is 0. The standard InChI is InChI=1S/C9H13NO4S/c1-6-4-5-7(13-2)9(8(6)14-3)15(10,11)12/h4-5H,1-3H3,(H2,10,11,12). The minimum absolute atomic E-state index is 0.118. The first-order valence-electron chi connectivity index (χ1n) is 4.16. The molecule has 1 aromatic carbocycles. The Morgan fingerprint density at radius 1 is 1.20 bits per heavy atom. The smallest absolute Gasteiger partial charge is 0.245 e. The van der Waals surface area contributed by atoms with E-state index in [1.807, 2.05) is 0 Å². The Balaban J connectivity index is 3.63. The molecule has 0 fully saturated rings. The average Bonchev–Trinajstić information content (AvgIpc) is 2.15. The molecule has 0 radical (unpaired) electrons. The molecule has 0 atom stereocenters. The van der Waals surface area contributed by atoms with Crippen LogP contribution in [-0.2, 0) is 10.0 Å². The van der Waals surface area contributed by atoms with E-state index in [1.165, 1.54) is 20.3 Å². The number of ether oxygens (including phenoxy) is 2. The molecule has 0 amide bonds. The Hall–Kier alpha value is -1.27. The second kappa shape index (κ2) is 4.08. The van der Waals surface area contributed by atoms with Crippen LogP contribution in [0.15, 0.2) is 17.0 Å². The normalized spacial score (nSPS) is 11.2. The van der Waals surface area contributed by atoms with Crippen LogP contribution in [0.3, 0.4) is 0 Å². The SMILES string of the molecule is COc1ccc(C)c(OC)c1S(N)(=O)=O. The molecule has 0 unspecified atom stereocenters. The van der Waals surface area contributed by atoms with Crippen molar-refractivity contribution >= 4 is 10.0 Å². The minimum Gasteiger partial charge on any atom is -0.495 e. The van der Waals surface area contributed by atoms with Gasteiger partial charge < -0.3 is 9.47 Å². The minimum atomic E-state index is -3.86. The summed E-state index contributed by atoms with van der Waals surface area (Å²) in [5.41, 5.74) is 0.683. The maximum atomic E-state index is 11.4. The molecule has 0 spiro atoms. The van der Waals surface area contributed by atoms with Gasteiger partial charge in [0.25, 0.3) is 0 Å². The van der Waals surface area contributed by atoms with E-state index in [9.17, 15) is 8.42 Å². The summed E-state index contributed by atoms with van der Waals surface area (Å²) in [5.74, 6) is 0.400. The van der Waals surface area contributed by atoms with Crippen LogP contribution in [0.1, 0.15) is 5.56 Å². The molecule has 84 valence electrons. The van der Waals surface area contributed by atoms with E-state index in [2.05, 4.69) is 0 Å². The highest BCUT2D eigenvalue weighted by atomic mass is 32.2. The lowest BCUT2D eigenvalue weighted by Crippen LogP contribution is -2.15. The van der Waals surface area contributed by atoms with Crippen molar-refractivity contribution in [2.45, 2.75) is 11.8 Å². The zero-order chi connectivity index (χ0) is 11.6. The van der Waals surface area contributed by atoms with Crippen molar-refractivity contribution in [2.75, 3.05) is 14.2 Å². The van der Waals surface area contributed by atoms with Crippen LogP contribution in [0.4, 0.5) is 0 Å². The first kappa shape index (κ1) is 11.8. The highest BCUT2D eigenvalue weighted by Crippen LogP contribution is 2.34. The average molecular weight is 231 g/mol. The number of sulfonamides is 1. The monoisotopic (exact) mass is 231 g/mol. The van der Waals surface area contributed by atoms with Crippen molar-refractivity contribution in [2.24, 2.45) is 5.14 Å². The summed E-state index contributed by atoms with van der Waals surface area (Å²) < 4.78 is 32.7. The first-order chi connectivity index (χ1) is 6.91. The van der Waals surface area contributed by atoms with Gasteiger partial charge in [-0.05, 0) is 18.6 Å². The molecule has 0 saturated carbocycles. The molecule has 0 aliphatic heterocycles. The predicted molar refractivity (Wildman–Crippen MR) is 55.7 cm³/mol. The lowest BCUT2D eigenvalue weighted by atomic mass is 10.2. The van der Waals surface area contributed by atoms with Crippen molar-refractivity contribution in [3.8, 4) is 11.5 Å². The number of rotatable bonds is 3. The molecule has 1 rings (SSSR count). The van der Waals surface area contributed by atoms with E-state index >= 15 is 0 Å². The number of hydrogen-bond acceptors (Lipinski definition) is 4. The van der Waals surface area contributed by atoms with E-state index in [4.69, 9.17) is 14.6 Å². The number of benzene rings is 1. The quantitative estimate of drug-likeness (QED) is 0.828. The van der Waals surface area contributed by atoms with Gasteiger partial charge in [0.05, 0.1) is 14.2 Å². The lowest BCUT2D eigenvalue weighted by molar-refractivity contribution is 0.371. The van der Waals surface area contributed by atoms with Crippen molar-refractivity contribution in [1.29, 1.82) is 0 Å². The van der Waals surface area contributed by atoms with Gasteiger partial charge in [0.15, 0.2) is 4.90 Å². The molecule has 15 heavy (non-hydrogen) atoms. The molecule has 0 saturated heterocycles. The lowest BCUT2D eigenvalue weighted by Gasteiger charge is -2.13. The van der Waals surface area contributed by atoms with Crippen LogP contribution in [0.5, 0.6) is 11.5 Å². The molecule has 0 heterocycles. The van der Waals surface area contributed by atoms with E-state index in [-0.39, 0.29) is 16.4 Å². The largest absolute Gasteiger partial charge is 0.495 e. The zero-order valence-electron chi connectivity index (χ0n) is 8.77. The van der Waals surface area contributed by atoms with E-state index < -0.39 is 10.0 Å². The van der Waals surface area contributed by atoms with Crippen LogP contribution in [0.25, 0.3) is 0 Å². The van der Waals surface area contributed by atoms with Gasteiger partial charge in [-0.25, -0.2) is 13.6 Å². The third kappa shape index (κ3) is 2.21. The molecule has 0 bridgehead atoms. The molecule has 0 aliphatic rings. The van der Waals surface area contributed by atoms with Crippen LogP contribution in [-0.4, -0.2) is 22.6 Å². The summed E-state index contributed by atoms with van der Waals surface area (Å²) in [7, 11) is -1.10. The maximum Gasteiger partial charge on any atom is 0.245 e. The van der Waals surface area contributed by atoms with Crippen molar-refractivity contribution in [3.63, 3.8) is 0 Å². The van der Waals surface area contributed by atoms with Crippen molar-refractivity contribution in [3.05, 3.63) is 17.7 Å². The molecule has 0 aromatic heterocycles. The van der Waals surface area contributed by atoms with Crippen molar-refractivity contribution in [1.82, 2.24) is 0 Å². The summed E-state index contributed by atoms with van der Waals surface area (Å²) in [6.45, 7) is 1.73. The number of methoxy groups -OCH3 is 2. The summed E-state index contributed by atoms with van der Waals surface area (Å²) in [6.07, 6.45) is 0. The van der Waals surface area contributed by atoms with Gasteiger partial charge in [-0.3, -0.25) is 0 Å². The molecule has 5 nitrogen and oxygen atoms in total. The third-order valence-corrected chi connectivity index (χ3v) is 2.94. The summed E-state index contributed by atoms with van der Waals surface area (Å²) in [5, 5.41) is 5.09. The fraction of sp³-hybridized carbons (Fsp3) is 0.333. The maximum absolute atomic E-state index is 11.4. The van der Waals surface area contributed by atoms with E-state index in [0.29, 0.717) is 5.56 Å². The van der Waals surface area contributed by atoms with Crippen LogP contribution >= 0.6 is 0 Å². The molecular weight excluding hydrogens is 218 g/mol. The van der Waals surface area contributed by atoms with Gasteiger partial charge in [-0.15, -0.1) is 0 Å². The molecular formula is C9H13NO4S. The van der Waals surface area contributed by atoms with Gasteiger partial charge in [0.1, 0.15) is 11.5 Å². The van der Waals surface area contributed by atoms with Crippen LogP contribution in [0, 0.1) is 6.92 Å². The third-order valence-electron chi connectivity index (χ3n) is 1.98. The highest BCUT2D eigenvalue weighted by Gasteiger charge is 2.22. The zero-order valence-corrected chi connectivity index (χ0v) is 9.59. The Labute approximate surface area is 88.9 Å². The highest BCUT2D eigenvalue weighted by molar-refractivity contribution is 7.89. The summed E-state index contributed by atoms with van der Waals surface area (Å²) in [6, 6.07) is 3.24. The molecule has 0 aliphatic carbocycles. The van der Waals surface area contributed by atoms with Gasteiger partial charge in [0, 0.05) is 0 Å². The van der Waals surface area contributed by atoms with Gasteiger partial charge in [-0.2, -0.15) is 0 Å². The number of primary sulfonamides is 1. The van der Waals surface area contributed by atoms with Gasteiger partial charge in [0.2, 0.25) is 10.0 Å². The number of aryl methyl sites for hydroxylation is 1. The first-order valence-corrected chi connectivity index (χ1v) is 5.70.